The molecule has 0 radical (unpaired) electrons. The Bertz CT molecular complexity index is 467. The third kappa shape index (κ3) is 2.75. The summed E-state index contributed by atoms with van der Waals surface area (Å²) in [4.78, 5) is 12.1. The molecule has 1 aromatic heterocycles. The molecule has 0 aliphatic heterocycles. The van der Waals surface area contributed by atoms with Gasteiger partial charge in [0.2, 0.25) is 0 Å². The Labute approximate surface area is 116 Å². The van der Waals surface area contributed by atoms with E-state index in [1.165, 1.54) is 6.07 Å². The Morgan fingerprint density at radius 1 is 1.33 bits per heavy atom. The molecule has 1 saturated carbocycles. The second-order valence-corrected chi connectivity index (χ2v) is 5.61. The predicted molar refractivity (Wildman–Crippen MR) is 70.9 cm³/mol. The lowest BCUT2D eigenvalue weighted by molar-refractivity contribution is 0.0927. The fourth-order valence-electron chi connectivity index (χ4n) is 2.33. The number of halogens is 2. The van der Waals surface area contributed by atoms with Gasteiger partial charge in [-0.1, -0.05) is 37.0 Å². The molecule has 3 atom stereocenters. The van der Waals surface area contributed by atoms with E-state index in [2.05, 4.69) is 29.4 Å². The number of carbonyl (C=O) groups is 1. The number of nitrogens with one attached hydrogen (secondary N) is 1. The Balaban J connectivity index is 2.10. The highest BCUT2D eigenvalue weighted by Crippen LogP contribution is 2.31. The van der Waals surface area contributed by atoms with Gasteiger partial charge in [0.15, 0.2) is 10.3 Å². The second-order valence-electron chi connectivity index (χ2n) is 4.87. The zero-order valence-electron chi connectivity index (χ0n) is 10.3. The van der Waals surface area contributed by atoms with E-state index in [-0.39, 0.29) is 27.8 Å². The molecule has 3 unspecified atom stereocenters. The first-order valence-corrected chi connectivity index (χ1v) is 6.74. The van der Waals surface area contributed by atoms with Gasteiger partial charge in [-0.3, -0.25) is 4.79 Å². The minimum Gasteiger partial charge on any atom is -0.349 e. The Morgan fingerprint density at radius 3 is 2.67 bits per heavy atom. The predicted octanol–water partition coefficient (Wildman–Crippen LogP) is 2.95. The van der Waals surface area contributed by atoms with Gasteiger partial charge in [0.1, 0.15) is 0 Å². The van der Waals surface area contributed by atoms with Gasteiger partial charge < -0.3 is 5.32 Å². The van der Waals surface area contributed by atoms with Crippen molar-refractivity contribution >= 4 is 29.1 Å². The minimum absolute atomic E-state index is 0.0793. The van der Waals surface area contributed by atoms with Crippen molar-refractivity contribution in [1.29, 1.82) is 0 Å². The normalized spacial score (nSPS) is 27.2. The zero-order chi connectivity index (χ0) is 13.3. The maximum Gasteiger partial charge on any atom is 0.254 e. The standard InChI is InChI=1S/C12H15Cl2N3O/c1-6-3-4-9(7(6)2)15-12(18)8-5-10(13)16-17-11(8)14/h5-7,9H,3-4H2,1-2H3,(H,15,18). The summed E-state index contributed by atoms with van der Waals surface area (Å²) in [5.41, 5.74) is 0.281. The van der Waals surface area contributed by atoms with Crippen LogP contribution in [0.1, 0.15) is 37.0 Å². The van der Waals surface area contributed by atoms with Crippen molar-refractivity contribution in [2.75, 3.05) is 0 Å². The van der Waals surface area contributed by atoms with E-state index in [1.54, 1.807) is 0 Å². The first kappa shape index (κ1) is 13.6. The second kappa shape index (κ2) is 5.41. The lowest BCUT2D eigenvalue weighted by Crippen LogP contribution is -2.37. The number of carbonyl (C=O) groups excluding carboxylic acids is 1. The highest BCUT2D eigenvalue weighted by atomic mass is 35.5. The van der Waals surface area contributed by atoms with Gasteiger partial charge in [0.05, 0.1) is 5.56 Å². The molecule has 0 spiro atoms. The SMILES string of the molecule is CC1CCC(NC(=O)c2cc(Cl)nnc2Cl)C1C. The quantitative estimate of drug-likeness (QED) is 0.910. The maximum absolute atomic E-state index is 12.1. The molecule has 6 heteroatoms. The highest BCUT2D eigenvalue weighted by molar-refractivity contribution is 6.34. The molecule has 1 fully saturated rings. The molecule has 0 aromatic carbocycles. The summed E-state index contributed by atoms with van der Waals surface area (Å²) in [6.45, 7) is 4.36. The number of aromatic nitrogens is 2. The van der Waals surface area contributed by atoms with Crippen molar-refractivity contribution in [3.05, 3.63) is 21.9 Å². The van der Waals surface area contributed by atoms with Crippen molar-refractivity contribution in [2.24, 2.45) is 11.8 Å². The smallest absolute Gasteiger partial charge is 0.254 e. The van der Waals surface area contributed by atoms with Gasteiger partial charge in [0, 0.05) is 6.04 Å². The van der Waals surface area contributed by atoms with Crippen LogP contribution in [0, 0.1) is 11.8 Å². The summed E-state index contributed by atoms with van der Waals surface area (Å²) in [5, 5.41) is 10.5. The van der Waals surface area contributed by atoms with Gasteiger partial charge in [-0.25, -0.2) is 0 Å². The van der Waals surface area contributed by atoms with E-state index in [0.717, 1.165) is 12.8 Å². The van der Waals surface area contributed by atoms with Crippen LogP contribution in [0.25, 0.3) is 0 Å². The average Bonchev–Trinajstić information content (AvgIpc) is 2.64. The van der Waals surface area contributed by atoms with E-state index in [9.17, 15) is 4.79 Å². The van der Waals surface area contributed by atoms with E-state index in [0.29, 0.717) is 11.8 Å². The summed E-state index contributed by atoms with van der Waals surface area (Å²) in [7, 11) is 0. The molecule has 1 aliphatic rings. The molecule has 98 valence electrons. The largest absolute Gasteiger partial charge is 0.349 e. The molecule has 1 amide bonds. The average molecular weight is 288 g/mol. The molecule has 1 heterocycles. The molecule has 0 bridgehead atoms. The van der Waals surface area contributed by atoms with E-state index >= 15 is 0 Å². The molecular weight excluding hydrogens is 273 g/mol. The molecular formula is C12H15Cl2N3O. The van der Waals surface area contributed by atoms with Crippen LogP contribution in [0.5, 0.6) is 0 Å². The fraction of sp³-hybridized carbons (Fsp3) is 0.583. The van der Waals surface area contributed by atoms with Crippen LogP contribution in [0.3, 0.4) is 0 Å². The van der Waals surface area contributed by atoms with Gasteiger partial charge in [0.25, 0.3) is 5.91 Å². The summed E-state index contributed by atoms with van der Waals surface area (Å²) >= 11 is 11.6. The summed E-state index contributed by atoms with van der Waals surface area (Å²) in [6.07, 6.45) is 2.13. The van der Waals surface area contributed by atoms with Crippen LogP contribution >= 0.6 is 23.2 Å². The van der Waals surface area contributed by atoms with E-state index < -0.39 is 0 Å². The number of hydrogen-bond donors (Lipinski definition) is 1. The molecule has 1 aliphatic carbocycles. The van der Waals surface area contributed by atoms with Crippen LogP contribution in [0.2, 0.25) is 10.3 Å². The van der Waals surface area contributed by atoms with Gasteiger partial charge in [-0.15, -0.1) is 10.2 Å². The van der Waals surface area contributed by atoms with Crippen LogP contribution in [0.4, 0.5) is 0 Å². The lowest BCUT2D eigenvalue weighted by atomic mass is 9.97. The maximum atomic E-state index is 12.1. The zero-order valence-corrected chi connectivity index (χ0v) is 11.8. The Hall–Kier alpha value is -0.870. The van der Waals surface area contributed by atoms with Crippen molar-refractivity contribution in [1.82, 2.24) is 15.5 Å². The fourth-order valence-corrected chi connectivity index (χ4v) is 2.65. The van der Waals surface area contributed by atoms with Crippen LogP contribution < -0.4 is 5.32 Å². The van der Waals surface area contributed by atoms with Crippen molar-refractivity contribution in [3.63, 3.8) is 0 Å². The first-order valence-electron chi connectivity index (χ1n) is 5.98. The van der Waals surface area contributed by atoms with Crippen LogP contribution in [0.15, 0.2) is 6.07 Å². The number of amides is 1. The number of nitrogens with zero attached hydrogens (tertiary/aromatic N) is 2. The third-order valence-corrected chi connectivity index (χ3v) is 4.21. The molecule has 1 aromatic rings. The molecule has 18 heavy (non-hydrogen) atoms. The molecule has 0 saturated heterocycles. The molecule has 1 N–H and O–H groups in total. The molecule has 2 rings (SSSR count). The van der Waals surface area contributed by atoms with Gasteiger partial charge in [-0.2, -0.15) is 0 Å². The van der Waals surface area contributed by atoms with Gasteiger partial charge in [-0.05, 0) is 30.7 Å². The van der Waals surface area contributed by atoms with Crippen LogP contribution in [-0.2, 0) is 0 Å². The monoisotopic (exact) mass is 287 g/mol. The minimum atomic E-state index is -0.234. The van der Waals surface area contributed by atoms with E-state index in [4.69, 9.17) is 23.2 Å². The first-order chi connectivity index (χ1) is 8.49. The third-order valence-electron chi connectivity index (χ3n) is 3.75. The van der Waals surface area contributed by atoms with E-state index in [1.807, 2.05) is 0 Å². The number of rotatable bonds is 2. The van der Waals surface area contributed by atoms with Crippen molar-refractivity contribution in [3.8, 4) is 0 Å². The number of hydrogen-bond acceptors (Lipinski definition) is 3. The Morgan fingerprint density at radius 2 is 2.06 bits per heavy atom. The molecule has 4 nitrogen and oxygen atoms in total. The summed E-state index contributed by atoms with van der Waals surface area (Å²) in [6, 6.07) is 1.63. The van der Waals surface area contributed by atoms with Crippen LogP contribution in [-0.4, -0.2) is 22.1 Å². The van der Waals surface area contributed by atoms with Crippen molar-refractivity contribution in [2.45, 2.75) is 32.7 Å². The highest BCUT2D eigenvalue weighted by Gasteiger charge is 2.31. The van der Waals surface area contributed by atoms with Gasteiger partial charge >= 0.3 is 0 Å². The summed E-state index contributed by atoms with van der Waals surface area (Å²) < 4.78 is 0. The van der Waals surface area contributed by atoms with Crippen molar-refractivity contribution < 1.29 is 4.79 Å². The lowest BCUT2D eigenvalue weighted by Gasteiger charge is -2.19. The topological polar surface area (TPSA) is 54.9 Å². The summed E-state index contributed by atoms with van der Waals surface area (Å²) in [5.74, 6) is 0.866. The Kier molecular flexibility index (Phi) is 4.07.